The molecule has 0 radical (unpaired) electrons. The third kappa shape index (κ3) is 2.53. The summed E-state index contributed by atoms with van der Waals surface area (Å²) in [5.74, 6) is 0. The lowest BCUT2D eigenvalue weighted by atomic mass is 10.1. The molecule has 1 N–H and O–H groups in total. The summed E-state index contributed by atoms with van der Waals surface area (Å²) in [7, 11) is 0. The van der Waals surface area contributed by atoms with Gasteiger partial charge in [-0.05, 0) is 32.4 Å². The van der Waals surface area contributed by atoms with Crippen LogP contribution >= 0.6 is 11.3 Å². The van der Waals surface area contributed by atoms with Crippen LogP contribution in [-0.4, -0.2) is 15.1 Å². The molecule has 0 atom stereocenters. The number of hydrogen-bond donors (Lipinski definition) is 1. The number of rotatable bonds is 3. The van der Waals surface area contributed by atoms with Gasteiger partial charge in [0.05, 0.1) is 21.9 Å². The van der Waals surface area contributed by atoms with Crippen LogP contribution in [0.3, 0.4) is 0 Å². The Hall–Kier alpha value is -1.26. The Balaban J connectivity index is 2.49. The highest BCUT2D eigenvalue weighted by Gasteiger charge is 2.24. The van der Waals surface area contributed by atoms with E-state index in [0.717, 1.165) is 27.7 Å². The first-order valence-corrected chi connectivity index (χ1v) is 6.48. The topological polar surface area (TPSA) is 46.0 Å². The highest BCUT2D eigenvalue weighted by atomic mass is 32.1. The van der Waals surface area contributed by atoms with Crippen molar-refractivity contribution >= 4 is 11.3 Å². The van der Waals surface area contributed by atoms with Crippen molar-refractivity contribution in [3.05, 3.63) is 35.0 Å². The van der Waals surface area contributed by atoms with Crippen LogP contribution in [0, 0.1) is 0 Å². The van der Waals surface area contributed by atoms with Gasteiger partial charge >= 0.3 is 0 Å². The zero-order valence-electron chi connectivity index (χ0n) is 10.3. The van der Waals surface area contributed by atoms with Gasteiger partial charge in [-0.2, -0.15) is 0 Å². The molecule has 0 fully saturated rings. The summed E-state index contributed by atoms with van der Waals surface area (Å²) in [6, 6.07) is 5.76. The first kappa shape index (κ1) is 12.2. The zero-order chi connectivity index (χ0) is 12.5. The van der Waals surface area contributed by atoms with Crippen LogP contribution in [-0.2, 0) is 12.0 Å². The van der Waals surface area contributed by atoms with Crippen molar-refractivity contribution < 1.29 is 5.11 Å². The van der Waals surface area contributed by atoms with Crippen LogP contribution in [0.4, 0.5) is 0 Å². The van der Waals surface area contributed by atoms with E-state index in [2.05, 4.69) is 9.97 Å². The third-order valence-electron chi connectivity index (χ3n) is 2.47. The Bertz CT molecular complexity index is 500. The van der Waals surface area contributed by atoms with Crippen molar-refractivity contribution in [3.63, 3.8) is 0 Å². The van der Waals surface area contributed by atoms with E-state index < -0.39 is 5.60 Å². The standard InChI is InChI=1S/C13H16N2OS/c1-4-9-11(13(2,3)16)17-12(15-9)10-7-5-6-8-14-10/h5-8,16H,4H2,1-3H3. The summed E-state index contributed by atoms with van der Waals surface area (Å²) in [6.07, 6.45) is 2.58. The zero-order valence-corrected chi connectivity index (χ0v) is 11.1. The molecule has 4 heteroatoms. The minimum atomic E-state index is -0.837. The van der Waals surface area contributed by atoms with E-state index in [-0.39, 0.29) is 0 Å². The van der Waals surface area contributed by atoms with E-state index in [0.29, 0.717) is 0 Å². The fraction of sp³-hybridized carbons (Fsp3) is 0.385. The predicted molar refractivity (Wildman–Crippen MR) is 70.0 cm³/mol. The number of aliphatic hydroxyl groups is 1. The normalized spacial score (nSPS) is 11.8. The second-order valence-electron chi connectivity index (χ2n) is 4.42. The molecule has 0 amide bonds. The largest absolute Gasteiger partial charge is 0.385 e. The Morgan fingerprint density at radius 2 is 2.12 bits per heavy atom. The molecular weight excluding hydrogens is 232 g/mol. The van der Waals surface area contributed by atoms with Gasteiger partial charge in [0.25, 0.3) is 0 Å². The summed E-state index contributed by atoms with van der Waals surface area (Å²) < 4.78 is 0. The van der Waals surface area contributed by atoms with E-state index in [4.69, 9.17) is 0 Å². The Morgan fingerprint density at radius 1 is 1.35 bits per heavy atom. The van der Waals surface area contributed by atoms with Crippen molar-refractivity contribution in [3.8, 4) is 10.7 Å². The lowest BCUT2D eigenvalue weighted by Crippen LogP contribution is -2.15. The van der Waals surface area contributed by atoms with Crippen molar-refractivity contribution in [1.29, 1.82) is 0 Å². The monoisotopic (exact) mass is 248 g/mol. The molecule has 0 bridgehead atoms. The number of aryl methyl sites for hydroxylation is 1. The first-order valence-electron chi connectivity index (χ1n) is 5.66. The second-order valence-corrected chi connectivity index (χ2v) is 5.42. The van der Waals surface area contributed by atoms with Crippen LogP contribution in [0.25, 0.3) is 10.7 Å². The van der Waals surface area contributed by atoms with Crippen molar-refractivity contribution in [1.82, 2.24) is 9.97 Å². The number of aromatic nitrogens is 2. The SMILES string of the molecule is CCc1nc(-c2ccccn2)sc1C(C)(C)O. The maximum atomic E-state index is 10.1. The Morgan fingerprint density at radius 3 is 2.59 bits per heavy atom. The van der Waals surface area contributed by atoms with Gasteiger partial charge in [0.1, 0.15) is 5.01 Å². The first-order chi connectivity index (χ1) is 8.02. The average Bonchev–Trinajstić information content (AvgIpc) is 2.74. The van der Waals surface area contributed by atoms with Gasteiger partial charge in [0, 0.05) is 6.20 Å². The molecule has 0 aliphatic carbocycles. The predicted octanol–water partition coefficient (Wildman–Crippen LogP) is 2.99. The van der Waals surface area contributed by atoms with E-state index in [1.54, 1.807) is 20.0 Å². The van der Waals surface area contributed by atoms with E-state index >= 15 is 0 Å². The maximum absolute atomic E-state index is 10.1. The number of pyridine rings is 1. The van der Waals surface area contributed by atoms with Gasteiger partial charge in [-0.15, -0.1) is 11.3 Å². The van der Waals surface area contributed by atoms with Crippen LogP contribution in [0.5, 0.6) is 0 Å². The molecular formula is C13H16N2OS. The highest BCUT2D eigenvalue weighted by Crippen LogP contribution is 2.34. The summed E-state index contributed by atoms with van der Waals surface area (Å²) >= 11 is 1.52. The van der Waals surface area contributed by atoms with Crippen LogP contribution in [0.1, 0.15) is 31.3 Å². The molecule has 2 aromatic rings. The highest BCUT2D eigenvalue weighted by molar-refractivity contribution is 7.15. The molecule has 2 aromatic heterocycles. The van der Waals surface area contributed by atoms with E-state index in [9.17, 15) is 5.11 Å². The average molecular weight is 248 g/mol. The van der Waals surface area contributed by atoms with Gasteiger partial charge in [-0.1, -0.05) is 13.0 Å². The van der Waals surface area contributed by atoms with E-state index in [1.165, 1.54) is 11.3 Å². The summed E-state index contributed by atoms with van der Waals surface area (Å²) in [5, 5.41) is 11.0. The molecule has 2 heterocycles. The fourth-order valence-corrected chi connectivity index (χ4v) is 2.80. The number of nitrogens with zero attached hydrogens (tertiary/aromatic N) is 2. The summed E-state index contributed by atoms with van der Waals surface area (Å²) in [5.41, 5.74) is 0.988. The lowest BCUT2D eigenvalue weighted by molar-refractivity contribution is 0.0814. The summed E-state index contributed by atoms with van der Waals surface area (Å²) in [6.45, 7) is 5.64. The van der Waals surface area contributed by atoms with Gasteiger partial charge in [-0.25, -0.2) is 4.98 Å². The number of hydrogen-bond acceptors (Lipinski definition) is 4. The minimum absolute atomic E-state index is 0.822. The molecule has 0 aromatic carbocycles. The van der Waals surface area contributed by atoms with E-state index in [1.807, 2.05) is 25.1 Å². The molecule has 3 nitrogen and oxygen atoms in total. The molecule has 0 aliphatic heterocycles. The van der Waals surface area contributed by atoms with Crippen LogP contribution in [0.2, 0.25) is 0 Å². The van der Waals surface area contributed by atoms with Crippen molar-refractivity contribution in [2.24, 2.45) is 0 Å². The van der Waals surface area contributed by atoms with Crippen LogP contribution < -0.4 is 0 Å². The summed E-state index contributed by atoms with van der Waals surface area (Å²) in [4.78, 5) is 9.78. The maximum Gasteiger partial charge on any atom is 0.142 e. The lowest BCUT2D eigenvalue weighted by Gasteiger charge is -2.15. The molecule has 0 saturated heterocycles. The molecule has 0 saturated carbocycles. The van der Waals surface area contributed by atoms with Gasteiger partial charge < -0.3 is 5.11 Å². The third-order valence-corrected chi connectivity index (χ3v) is 3.90. The van der Waals surface area contributed by atoms with Crippen LogP contribution in [0.15, 0.2) is 24.4 Å². The number of thiazole rings is 1. The Labute approximate surface area is 105 Å². The van der Waals surface area contributed by atoms with Gasteiger partial charge in [-0.3, -0.25) is 4.98 Å². The van der Waals surface area contributed by atoms with Crippen molar-refractivity contribution in [2.75, 3.05) is 0 Å². The molecule has 0 spiro atoms. The van der Waals surface area contributed by atoms with Gasteiger partial charge in [0.15, 0.2) is 0 Å². The minimum Gasteiger partial charge on any atom is -0.385 e. The Kier molecular flexibility index (Phi) is 3.26. The van der Waals surface area contributed by atoms with Gasteiger partial charge in [0.2, 0.25) is 0 Å². The fourth-order valence-electron chi connectivity index (χ4n) is 1.67. The molecule has 90 valence electrons. The second kappa shape index (κ2) is 4.55. The van der Waals surface area contributed by atoms with Crippen molar-refractivity contribution in [2.45, 2.75) is 32.8 Å². The quantitative estimate of drug-likeness (QED) is 0.908. The molecule has 2 rings (SSSR count). The molecule has 0 aliphatic rings. The molecule has 0 unspecified atom stereocenters. The molecule has 17 heavy (non-hydrogen) atoms. The smallest absolute Gasteiger partial charge is 0.142 e.